The number of rotatable bonds is 5. The molecule has 0 amide bonds. The summed E-state index contributed by atoms with van der Waals surface area (Å²) >= 11 is 0. The van der Waals surface area contributed by atoms with Crippen LogP contribution in [0.5, 0.6) is 0 Å². The summed E-state index contributed by atoms with van der Waals surface area (Å²) in [5.41, 5.74) is 19.8. The zero-order valence-corrected chi connectivity index (χ0v) is 34.8. The van der Waals surface area contributed by atoms with Crippen molar-refractivity contribution < 1.29 is 0 Å². The number of aromatic nitrogens is 2. The van der Waals surface area contributed by atoms with Crippen molar-refractivity contribution in [1.82, 2.24) is 9.13 Å². The van der Waals surface area contributed by atoms with E-state index in [0.717, 1.165) is 5.69 Å². The smallest absolute Gasteiger partial charge is 0.0619 e. The number of para-hydroxylation sites is 2. The van der Waals surface area contributed by atoms with Crippen LogP contribution in [0.15, 0.2) is 231 Å². The van der Waals surface area contributed by atoms with E-state index in [1.807, 2.05) is 0 Å². The van der Waals surface area contributed by atoms with Crippen molar-refractivity contribution in [1.29, 1.82) is 0 Å². The highest BCUT2D eigenvalue weighted by Gasteiger charge is 2.23. The predicted octanol–water partition coefficient (Wildman–Crippen LogP) is 16.8. The molecule has 1 aliphatic carbocycles. The highest BCUT2D eigenvalue weighted by molar-refractivity contribution is 6.20. The average Bonchev–Trinajstić information content (AvgIpc) is 4.01. The molecule has 0 saturated carbocycles. The van der Waals surface area contributed by atoms with Crippen LogP contribution in [0.25, 0.3) is 132 Å². The average molecular weight is 811 g/mol. The second-order valence-corrected chi connectivity index (χ2v) is 17.2. The molecule has 0 atom stereocenters. The molecule has 13 aromatic rings. The second kappa shape index (κ2) is 13.5. The number of hydrogen-bond acceptors (Lipinski definition) is 0. The van der Waals surface area contributed by atoms with Gasteiger partial charge in [0.25, 0.3) is 0 Å². The summed E-state index contributed by atoms with van der Waals surface area (Å²) in [6.45, 7) is 0. The summed E-state index contributed by atoms with van der Waals surface area (Å²) in [5.74, 6) is 0. The maximum absolute atomic E-state index is 2.48. The summed E-state index contributed by atoms with van der Waals surface area (Å²) in [7, 11) is 0. The molecule has 64 heavy (non-hydrogen) atoms. The van der Waals surface area contributed by atoms with Crippen LogP contribution in [0.4, 0.5) is 0 Å². The minimum Gasteiger partial charge on any atom is -0.309 e. The Morgan fingerprint density at radius 3 is 1.59 bits per heavy atom. The van der Waals surface area contributed by atoms with Crippen molar-refractivity contribution in [2.45, 2.75) is 0 Å². The van der Waals surface area contributed by atoms with Crippen molar-refractivity contribution in [2.24, 2.45) is 0 Å². The van der Waals surface area contributed by atoms with Gasteiger partial charge in [-0.1, -0.05) is 176 Å². The van der Waals surface area contributed by atoms with Crippen molar-refractivity contribution in [2.75, 3.05) is 0 Å². The number of nitrogens with zero attached hydrogens (tertiary/aromatic N) is 2. The van der Waals surface area contributed by atoms with Crippen molar-refractivity contribution >= 4 is 65.2 Å². The first-order valence-corrected chi connectivity index (χ1v) is 22.2. The lowest BCUT2D eigenvalue weighted by molar-refractivity contribution is 1.18. The quantitative estimate of drug-likeness (QED) is 0.164. The van der Waals surface area contributed by atoms with Gasteiger partial charge in [0.1, 0.15) is 0 Å². The number of benzene rings is 11. The maximum atomic E-state index is 2.48. The Hall–Kier alpha value is -8.46. The molecule has 0 N–H and O–H groups in total. The van der Waals surface area contributed by atoms with Gasteiger partial charge < -0.3 is 9.13 Å². The van der Waals surface area contributed by atoms with Gasteiger partial charge in [0, 0.05) is 38.3 Å². The zero-order chi connectivity index (χ0) is 41.9. The molecule has 0 saturated heterocycles. The van der Waals surface area contributed by atoms with Crippen molar-refractivity contribution in [3.8, 4) is 67.0 Å². The van der Waals surface area contributed by atoms with Gasteiger partial charge in [-0.3, -0.25) is 0 Å². The molecule has 2 aromatic heterocycles. The Balaban J connectivity index is 0.887. The Morgan fingerprint density at radius 2 is 0.781 bits per heavy atom. The summed E-state index contributed by atoms with van der Waals surface area (Å²) in [6.07, 6.45) is 0. The summed E-state index contributed by atoms with van der Waals surface area (Å²) in [5, 5.41) is 10.2. The van der Waals surface area contributed by atoms with E-state index in [1.165, 1.54) is 126 Å². The van der Waals surface area contributed by atoms with Gasteiger partial charge in [0.15, 0.2) is 0 Å². The van der Waals surface area contributed by atoms with Crippen LogP contribution in [0.1, 0.15) is 0 Å². The Kier molecular flexibility index (Phi) is 7.43. The zero-order valence-electron chi connectivity index (χ0n) is 34.8. The van der Waals surface area contributed by atoms with Crippen LogP contribution < -0.4 is 0 Å². The highest BCUT2D eigenvalue weighted by Crippen LogP contribution is 2.49. The van der Waals surface area contributed by atoms with Crippen LogP contribution in [0.2, 0.25) is 0 Å². The van der Waals surface area contributed by atoms with Crippen LogP contribution in [-0.4, -0.2) is 9.13 Å². The topological polar surface area (TPSA) is 9.86 Å². The second-order valence-electron chi connectivity index (χ2n) is 17.2. The normalized spacial score (nSPS) is 12.1. The lowest BCUT2D eigenvalue weighted by Crippen LogP contribution is -1.95. The van der Waals surface area contributed by atoms with Gasteiger partial charge >= 0.3 is 0 Å². The molecule has 0 bridgehead atoms. The first-order valence-electron chi connectivity index (χ1n) is 22.2. The molecule has 0 radical (unpaired) electrons. The molecule has 0 aliphatic heterocycles. The fourth-order valence-corrected chi connectivity index (χ4v) is 11.0. The number of fused-ring (bicyclic) bond motifs is 11. The third-order valence-electron chi connectivity index (χ3n) is 13.9. The van der Waals surface area contributed by atoms with Gasteiger partial charge in [0.2, 0.25) is 0 Å². The monoisotopic (exact) mass is 810 g/mol. The molecule has 0 fully saturated rings. The van der Waals surface area contributed by atoms with E-state index in [1.54, 1.807) is 0 Å². The van der Waals surface area contributed by atoms with Crippen molar-refractivity contribution in [3.63, 3.8) is 0 Å². The molecule has 0 spiro atoms. The van der Waals surface area contributed by atoms with Gasteiger partial charge in [-0.2, -0.15) is 0 Å². The molecular formula is C62H38N2. The van der Waals surface area contributed by atoms with E-state index in [4.69, 9.17) is 0 Å². The van der Waals surface area contributed by atoms with E-state index < -0.39 is 0 Å². The van der Waals surface area contributed by atoms with Gasteiger partial charge in [-0.15, -0.1) is 0 Å². The first kappa shape index (κ1) is 35.2. The minimum absolute atomic E-state index is 1.15. The molecule has 11 aromatic carbocycles. The van der Waals surface area contributed by atoms with Gasteiger partial charge in [0.05, 0.1) is 22.1 Å². The molecule has 296 valence electrons. The van der Waals surface area contributed by atoms with E-state index in [-0.39, 0.29) is 0 Å². The lowest BCUT2D eigenvalue weighted by atomic mass is 9.93. The third kappa shape index (κ3) is 5.08. The van der Waals surface area contributed by atoms with E-state index in [0.29, 0.717) is 0 Å². The predicted molar refractivity (Wildman–Crippen MR) is 271 cm³/mol. The van der Waals surface area contributed by atoms with Crippen LogP contribution in [-0.2, 0) is 0 Å². The van der Waals surface area contributed by atoms with E-state index in [9.17, 15) is 0 Å². The summed E-state index contributed by atoms with van der Waals surface area (Å²) < 4.78 is 4.86. The van der Waals surface area contributed by atoms with Gasteiger partial charge in [-0.25, -0.2) is 0 Å². The molecular weight excluding hydrogens is 773 g/mol. The Labute approximate surface area is 370 Å². The van der Waals surface area contributed by atoms with Crippen LogP contribution in [0, 0.1) is 0 Å². The molecule has 1 aliphatic rings. The number of hydrogen-bond donors (Lipinski definition) is 0. The van der Waals surface area contributed by atoms with Gasteiger partial charge in [-0.05, 0) is 126 Å². The molecule has 2 nitrogen and oxygen atoms in total. The SMILES string of the molecule is c1ccc(-n2c3ccccc3c3cc(-c4ccc5c(c4)c4ccc6ccccc6c4n5-c4cccc(-c5ccc(-c6ccc7c8c(cccc68)-c6ccccc6-7)cc5)c4)ccc32)cc1. The van der Waals surface area contributed by atoms with Crippen LogP contribution in [0.3, 0.4) is 0 Å². The summed E-state index contributed by atoms with van der Waals surface area (Å²) in [6, 6.07) is 85.2. The van der Waals surface area contributed by atoms with Crippen molar-refractivity contribution in [3.05, 3.63) is 231 Å². The first-order chi connectivity index (χ1) is 31.7. The minimum atomic E-state index is 1.15. The van der Waals surface area contributed by atoms with Crippen LogP contribution >= 0.6 is 0 Å². The van der Waals surface area contributed by atoms with E-state index in [2.05, 4.69) is 240 Å². The largest absolute Gasteiger partial charge is 0.309 e. The van der Waals surface area contributed by atoms with E-state index >= 15 is 0 Å². The molecule has 0 unspecified atom stereocenters. The molecule has 2 heterocycles. The third-order valence-corrected chi connectivity index (χ3v) is 13.9. The Bertz CT molecular complexity index is 4020. The molecule has 2 heteroatoms. The fourth-order valence-electron chi connectivity index (χ4n) is 11.0. The standard InChI is InChI=1S/C62H38N2/c1-2-14-45(15-3-1)63-58-23-9-8-20-51(58)56-37-43(29-34-59(56)63)44-30-35-60-57(38-44)55-31-28-40-12-4-5-17-48(40)62(55)64(60)46-16-10-13-42(36-46)39-24-26-41(27-25-39)47-32-33-54-50-19-7-6-18-49(50)53-22-11-21-52(47)61(53)54/h1-38H. The molecule has 14 rings (SSSR count). The maximum Gasteiger partial charge on any atom is 0.0619 e. The fraction of sp³-hybridized carbons (Fsp3) is 0. The Morgan fingerprint density at radius 1 is 0.234 bits per heavy atom. The summed E-state index contributed by atoms with van der Waals surface area (Å²) in [4.78, 5) is 0. The lowest BCUT2D eigenvalue weighted by Gasteiger charge is -2.13. The highest BCUT2D eigenvalue weighted by atomic mass is 15.0.